The molecule has 2 aromatic carbocycles. The predicted octanol–water partition coefficient (Wildman–Crippen LogP) is 3.09. The van der Waals surface area contributed by atoms with Gasteiger partial charge in [0.05, 0.1) is 11.6 Å². The minimum Gasteiger partial charge on any atom is -0.330 e. The molecule has 1 aliphatic rings. The molecule has 3 rings (SSSR count). The van der Waals surface area contributed by atoms with Crippen LogP contribution in [0.3, 0.4) is 0 Å². The summed E-state index contributed by atoms with van der Waals surface area (Å²) in [5.41, 5.74) is 7.68. The van der Waals surface area contributed by atoms with Gasteiger partial charge in [-0.1, -0.05) is 41.9 Å². The van der Waals surface area contributed by atoms with E-state index in [0.29, 0.717) is 24.1 Å². The van der Waals surface area contributed by atoms with Crippen LogP contribution in [0.25, 0.3) is 0 Å². The Bertz CT molecular complexity index is 741. The highest BCUT2D eigenvalue weighted by Crippen LogP contribution is 2.31. The predicted molar refractivity (Wildman–Crippen MR) is 98.2 cm³/mol. The van der Waals surface area contributed by atoms with Gasteiger partial charge in [-0.15, -0.1) is 0 Å². The maximum atomic E-state index is 13.2. The largest absolute Gasteiger partial charge is 0.330 e. The molecule has 3 N–H and O–H groups in total. The molecule has 1 amide bonds. The zero-order valence-corrected chi connectivity index (χ0v) is 14.5. The number of likely N-dealkylation sites (tertiary alicyclic amines) is 1. The number of carbonyl (C=O) groups is 1. The molecule has 25 heavy (non-hydrogen) atoms. The first-order valence-electron chi connectivity index (χ1n) is 8.29. The van der Waals surface area contributed by atoms with Gasteiger partial charge in [0, 0.05) is 24.7 Å². The van der Waals surface area contributed by atoms with E-state index in [1.54, 1.807) is 0 Å². The third-order valence-corrected chi connectivity index (χ3v) is 4.91. The topological polar surface area (TPSA) is 58.4 Å². The number of nitrogens with two attached hydrogens (primary N) is 1. The lowest BCUT2D eigenvalue weighted by atomic mass is 9.89. The molecule has 1 saturated heterocycles. The molecule has 2 aromatic rings. The van der Waals surface area contributed by atoms with Crippen LogP contribution in [0.1, 0.15) is 11.5 Å². The van der Waals surface area contributed by atoms with Crippen molar-refractivity contribution < 1.29 is 9.18 Å². The summed E-state index contributed by atoms with van der Waals surface area (Å²) in [6, 6.07) is 14.4. The normalized spacial score (nSPS) is 20.6. The number of carbonyl (C=O) groups excluding carboxylic acids is 1. The Balaban J connectivity index is 1.61. The molecule has 132 valence electrons. The molecule has 1 fully saturated rings. The van der Waals surface area contributed by atoms with E-state index in [-0.39, 0.29) is 17.5 Å². The smallest absolute Gasteiger partial charge is 0.238 e. The molecule has 4 nitrogen and oxygen atoms in total. The number of anilines is 1. The van der Waals surface area contributed by atoms with Crippen molar-refractivity contribution in [2.75, 3.05) is 31.5 Å². The van der Waals surface area contributed by atoms with Crippen molar-refractivity contribution in [2.24, 2.45) is 11.7 Å². The van der Waals surface area contributed by atoms with Gasteiger partial charge in [-0.25, -0.2) is 4.39 Å². The summed E-state index contributed by atoms with van der Waals surface area (Å²) >= 11 is 5.74. The molecule has 0 radical (unpaired) electrons. The number of amides is 1. The number of rotatable bonds is 5. The van der Waals surface area contributed by atoms with Crippen LogP contribution in [-0.4, -0.2) is 37.0 Å². The van der Waals surface area contributed by atoms with Crippen molar-refractivity contribution in [1.29, 1.82) is 0 Å². The first-order chi connectivity index (χ1) is 12.1. The van der Waals surface area contributed by atoms with Gasteiger partial charge in [-0.05, 0) is 36.2 Å². The summed E-state index contributed by atoms with van der Waals surface area (Å²) in [5.74, 6) is 0.0117. The third kappa shape index (κ3) is 4.37. The Kier molecular flexibility index (Phi) is 5.68. The van der Waals surface area contributed by atoms with E-state index < -0.39 is 5.82 Å². The van der Waals surface area contributed by atoms with Crippen molar-refractivity contribution in [2.45, 2.75) is 5.92 Å². The van der Waals surface area contributed by atoms with Gasteiger partial charge in [0.25, 0.3) is 0 Å². The molecule has 6 heteroatoms. The van der Waals surface area contributed by atoms with Gasteiger partial charge in [0.15, 0.2) is 0 Å². The Morgan fingerprint density at radius 1 is 1.24 bits per heavy atom. The molecule has 0 saturated carbocycles. The van der Waals surface area contributed by atoms with Gasteiger partial charge in [-0.3, -0.25) is 9.69 Å². The van der Waals surface area contributed by atoms with E-state index in [9.17, 15) is 9.18 Å². The van der Waals surface area contributed by atoms with Gasteiger partial charge in [0.1, 0.15) is 5.82 Å². The lowest BCUT2D eigenvalue weighted by Crippen LogP contribution is -2.32. The minimum atomic E-state index is -0.504. The van der Waals surface area contributed by atoms with Crippen LogP contribution in [0.5, 0.6) is 0 Å². The minimum absolute atomic E-state index is 0.00805. The highest BCUT2D eigenvalue weighted by molar-refractivity contribution is 6.31. The molecule has 0 spiro atoms. The summed E-state index contributed by atoms with van der Waals surface area (Å²) in [6.45, 7) is 2.44. The van der Waals surface area contributed by atoms with Crippen LogP contribution in [-0.2, 0) is 4.79 Å². The Hall–Kier alpha value is -1.95. The molecule has 0 bridgehead atoms. The highest BCUT2D eigenvalue weighted by Gasteiger charge is 2.33. The lowest BCUT2D eigenvalue weighted by Gasteiger charge is -2.16. The van der Waals surface area contributed by atoms with Gasteiger partial charge in [-0.2, -0.15) is 0 Å². The molecule has 1 aliphatic heterocycles. The first kappa shape index (κ1) is 17.9. The maximum absolute atomic E-state index is 13.2. The van der Waals surface area contributed by atoms with Crippen molar-refractivity contribution in [3.8, 4) is 0 Å². The molecular formula is C19H21ClFN3O. The second-order valence-corrected chi connectivity index (χ2v) is 6.79. The molecular weight excluding hydrogens is 341 g/mol. The first-order valence-corrected chi connectivity index (χ1v) is 8.67. The van der Waals surface area contributed by atoms with Gasteiger partial charge < -0.3 is 11.1 Å². The summed E-state index contributed by atoms with van der Waals surface area (Å²) in [7, 11) is 0. The monoisotopic (exact) mass is 361 g/mol. The van der Waals surface area contributed by atoms with Crippen LogP contribution in [0.4, 0.5) is 10.1 Å². The number of hydrogen-bond donors (Lipinski definition) is 2. The van der Waals surface area contributed by atoms with Crippen LogP contribution in [0.15, 0.2) is 48.5 Å². The van der Waals surface area contributed by atoms with Crippen molar-refractivity contribution in [1.82, 2.24) is 4.90 Å². The molecule has 1 heterocycles. The van der Waals surface area contributed by atoms with Crippen LogP contribution in [0.2, 0.25) is 5.02 Å². The molecule has 2 atom stereocenters. The van der Waals surface area contributed by atoms with E-state index >= 15 is 0 Å². The standard InChI is InChI=1S/C19H21ClFN3O/c20-17-8-15(6-7-18(17)21)23-19(25)12-24-10-14(9-22)16(11-24)13-4-2-1-3-5-13/h1-8,14,16H,9-12,22H2,(H,23,25)/t14-,16+/m1/s1. The SMILES string of the molecule is NC[C@@H]1CN(CC(=O)Nc2ccc(F)c(Cl)c2)C[C@H]1c1ccccc1. The summed E-state index contributed by atoms with van der Waals surface area (Å²) in [4.78, 5) is 14.4. The fourth-order valence-electron chi connectivity index (χ4n) is 3.38. The van der Waals surface area contributed by atoms with Crippen LogP contribution in [0, 0.1) is 11.7 Å². The van der Waals surface area contributed by atoms with E-state index in [0.717, 1.165) is 13.1 Å². The average Bonchev–Trinajstić information content (AvgIpc) is 3.01. The average molecular weight is 362 g/mol. The van der Waals surface area contributed by atoms with E-state index in [1.807, 2.05) is 18.2 Å². The second-order valence-electron chi connectivity index (χ2n) is 6.38. The number of benzene rings is 2. The lowest BCUT2D eigenvalue weighted by molar-refractivity contribution is -0.117. The number of hydrogen-bond acceptors (Lipinski definition) is 3. The Morgan fingerprint density at radius 3 is 2.68 bits per heavy atom. The second kappa shape index (κ2) is 7.95. The summed E-state index contributed by atoms with van der Waals surface area (Å²) in [5, 5.41) is 2.75. The van der Waals surface area contributed by atoms with Crippen molar-refractivity contribution in [3.63, 3.8) is 0 Å². The molecule has 0 aromatic heterocycles. The van der Waals surface area contributed by atoms with Gasteiger partial charge in [0.2, 0.25) is 5.91 Å². The van der Waals surface area contributed by atoms with Gasteiger partial charge >= 0.3 is 0 Å². The van der Waals surface area contributed by atoms with Crippen molar-refractivity contribution >= 4 is 23.2 Å². The Morgan fingerprint density at radius 2 is 2.00 bits per heavy atom. The summed E-state index contributed by atoms with van der Waals surface area (Å²) in [6.07, 6.45) is 0. The van der Waals surface area contributed by atoms with E-state index in [4.69, 9.17) is 17.3 Å². The zero-order valence-electron chi connectivity index (χ0n) is 13.8. The Labute approximate surface area is 151 Å². The van der Waals surface area contributed by atoms with E-state index in [2.05, 4.69) is 22.3 Å². The number of nitrogens with one attached hydrogen (secondary N) is 1. The third-order valence-electron chi connectivity index (χ3n) is 4.62. The maximum Gasteiger partial charge on any atom is 0.238 e. The van der Waals surface area contributed by atoms with Crippen molar-refractivity contribution in [3.05, 3.63) is 64.9 Å². The van der Waals surface area contributed by atoms with Crippen LogP contribution < -0.4 is 11.1 Å². The van der Waals surface area contributed by atoms with Crippen LogP contribution >= 0.6 is 11.6 Å². The fourth-order valence-corrected chi connectivity index (χ4v) is 3.56. The fraction of sp³-hybridized carbons (Fsp3) is 0.316. The molecule has 0 aliphatic carbocycles. The highest BCUT2D eigenvalue weighted by atomic mass is 35.5. The summed E-state index contributed by atoms with van der Waals surface area (Å²) < 4.78 is 13.2. The zero-order chi connectivity index (χ0) is 17.8. The quantitative estimate of drug-likeness (QED) is 0.860. The molecule has 0 unspecified atom stereocenters. The van der Waals surface area contributed by atoms with E-state index in [1.165, 1.54) is 23.8 Å². The number of nitrogens with zero attached hydrogens (tertiary/aromatic N) is 1. The number of halogens is 2.